The van der Waals surface area contributed by atoms with Crippen molar-refractivity contribution < 1.29 is 23.8 Å². The number of methoxy groups -OCH3 is 1. The van der Waals surface area contributed by atoms with Gasteiger partial charge in [-0.05, 0) is 38.0 Å². The van der Waals surface area contributed by atoms with Gasteiger partial charge in [-0.3, -0.25) is 10.1 Å². The second-order valence-electron chi connectivity index (χ2n) is 5.47. The Bertz CT molecular complexity index is 832. The molecule has 0 radical (unpaired) electrons. The van der Waals surface area contributed by atoms with Gasteiger partial charge in [-0.15, -0.1) is 6.58 Å². The molecular weight excluding hydrogens is 368 g/mol. The molecule has 0 aliphatic heterocycles. The van der Waals surface area contributed by atoms with Crippen LogP contribution in [0, 0.1) is 6.92 Å². The number of hydrogen-bond acceptors (Lipinski definition) is 7. The second kappa shape index (κ2) is 9.72. The summed E-state index contributed by atoms with van der Waals surface area (Å²) in [7, 11) is 1.54. The average Bonchev–Trinajstić information content (AvgIpc) is 3.01. The molecule has 7 nitrogen and oxygen atoms in total. The minimum absolute atomic E-state index is 0.218. The number of carbonyl (C=O) groups excluding carboxylic acids is 2. The number of carbonyl (C=O) groups is 2. The SMILES string of the molecule is C=CCc1ccc(OCC(=O)Nc2nc(C)c(C(=O)OCC)s2)c(OC)c1. The van der Waals surface area contributed by atoms with E-state index in [9.17, 15) is 9.59 Å². The number of thiazole rings is 1. The molecule has 8 heteroatoms. The number of amides is 1. The molecule has 1 heterocycles. The van der Waals surface area contributed by atoms with Crippen LogP contribution in [0.1, 0.15) is 27.9 Å². The number of aromatic nitrogens is 1. The van der Waals surface area contributed by atoms with Crippen molar-refractivity contribution in [2.24, 2.45) is 0 Å². The molecule has 0 bridgehead atoms. The van der Waals surface area contributed by atoms with Crippen molar-refractivity contribution in [1.29, 1.82) is 0 Å². The predicted molar refractivity (Wildman–Crippen MR) is 104 cm³/mol. The number of ether oxygens (including phenoxy) is 3. The molecule has 27 heavy (non-hydrogen) atoms. The van der Waals surface area contributed by atoms with Gasteiger partial charge in [-0.25, -0.2) is 9.78 Å². The lowest BCUT2D eigenvalue weighted by atomic mass is 10.1. The third-order valence-corrected chi connectivity index (χ3v) is 4.52. The van der Waals surface area contributed by atoms with Gasteiger partial charge in [-0.1, -0.05) is 23.5 Å². The van der Waals surface area contributed by atoms with Gasteiger partial charge < -0.3 is 14.2 Å². The van der Waals surface area contributed by atoms with Crippen molar-refractivity contribution >= 4 is 28.3 Å². The summed E-state index contributed by atoms with van der Waals surface area (Å²) in [6, 6.07) is 5.47. The fourth-order valence-electron chi connectivity index (χ4n) is 2.26. The number of benzene rings is 1. The van der Waals surface area contributed by atoms with Gasteiger partial charge in [0.25, 0.3) is 5.91 Å². The average molecular weight is 390 g/mol. The van der Waals surface area contributed by atoms with E-state index >= 15 is 0 Å². The summed E-state index contributed by atoms with van der Waals surface area (Å²) in [4.78, 5) is 28.5. The summed E-state index contributed by atoms with van der Waals surface area (Å²) in [5.74, 6) is 0.157. The van der Waals surface area contributed by atoms with Gasteiger partial charge >= 0.3 is 5.97 Å². The molecule has 2 aromatic rings. The van der Waals surface area contributed by atoms with Gasteiger partial charge in [0.2, 0.25) is 0 Å². The Balaban J connectivity index is 1.98. The van der Waals surface area contributed by atoms with E-state index in [-0.39, 0.29) is 13.2 Å². The van der Waals surface area contributed by atoms with Crippen LogP contribution in [0.4, 0.5) is 5.13 Å². The van der Waals surface area contributed by atoms with Crippen LogP contribution >= 0.6 is 11.3 Å². The standard InChI is InChI=1S/C19H22N2O5S/c1-5-7-13-8-9-14(15(10-13)24-4)26-11-16(22)21-19-20-12(3)17(27-19)18(23)25-6-2/h5,8-10H,1,6-7,11H2,2-4H3,(H,20,21,22). The van der Waals surface area contributed by atoms with E-state index < -0.39 is 11.9 Å². The number of allylic oxidation sites excluding steroid dienone is 1. The van der Waals surface area contributed by atoms with Gasteiger partial charge in [0.1, 0.15) is 4.88 Å². The zero-order valence-corrected chi connectivity index (χ0v) is 16.4. The van der Waals surface area contributed by atoms with E-state index in [0.29, 0.717) is 33.6 Å². The number of esters is 1. The third kappa shape index (κ3) is 5.55. The number of nitrogens with one attached hydrogen (secondary N) is 1. The zero-order valence-electron chi connectivity index (χ0n) is 15.5. The first-order valence-electron chi connectivity index (χ1n) is 8.33. The molecule has 0 spiro atoms. The van der Waals surface area contributed by atoms with Crippen LogP contribution in [0.15, 0.2) is 30.9 Å². The van der Waals surface area contributed by atoms with Gasteiger partial charge in [-0.2, -0.15) is 0 Å². The van der Waals surface area contributed by atoms with Crippen LogP contribution in [-0.2, 0) is 16.0 Å². The molecule has 0 saturated heterocycles. The molecule has 2 rings (SSSR count). The van der Waals surface area contributed by atoms with Crippen LogP contribution < -0.4 is 14.8 Å². The molecular formula is C19H22N2O5S. The molecule has 1 aromatic heterocycles. The van der Waals surface area contributed by atoms with Crippen molar-refractivity contribution in [1.82, 2.24) is 4.98 Å². The molecule has 0 unspecified atom stereocenters. The zero-order chi connectivity index (χ0) is 19.8. The van der Waals surface area contributed by atoms with Crippen molar-refractivity contribution in [3.05, 3.63) is 47.0 Å². The fraction of sp³-hybridized carbons (Fsp3) is 0.316. The Morgan fingerprint density at radius 1 is 1.33 bits per heavy atom. The number of aryl methyl sites for hydroxylation is 1. The van der Waals surface area contributed by atoms with Gasteiger partial charge in [0.05, 0.1) is 19.4 Å². The fourth-order valence-corrected chi connectivity index (χ4v) is 3.14. The van der Waals surface area contributed by atoms with Crippen molar-refractivity contribution in [2.75, 3.05) is 25.6 Å². The highest BCUT2D eigenvalue weighted by Gasteiger charge is 2.18. The summed E-state index contributed by atoms with van der Waals surface area (Å²) in [5.41, 5.74) is 1.54. The molecule has 1 amide bonds. The molecule has 1 N–H and O–H groups in total. The summed E-state index contributed by atoms with van der Waals surface area (Å²) in [6.45, 7) is 7.18. The highest BCUT2D eigenvalue weighted by molar-refractivity contribution is 7.17. The lowest BCUT2D eigenvalue weighted by molar-refractivity contribution is -0.118. The molecule has 144 valence electrons. The Morgan fingerprint density at radius 3 is 2.78 bits per heavy atom. The molecule has 0 aliphatic carbocycles. The van der Waals surface area contributed by atoms with Crippen molar-refractivity contribution in [3.63, 3.8) is 0 Å². The first-order valence-corrected chi connectivity index (χ1v) is 9.15. The highest BCUT2D eigenvalue weighted by atomic mass is 32.1. The van der Waals surface area contributed by atoms with Crippen LogP contribution in [-0.4, -0.2) is 37.2 Å². The maximum atomic E-state index is 12.1. The van der Waals surface area contributed by atoms with E-state index in [1.165, 1.54) is 7.11 Å². The summed E-state index contributed by atoms with van der Waals surface area (Å²) in [6.07, 6.45) is 2.51. The molecule has 0 atom stereocenters. The third-order valence-electron chi connectivity index (χ3n) is 3.47. The molecule has 0 fully saturated rings. The smallest absolute Gasteiger partial charge is 0.350 e. The Hall–Kier alpha value is -2.87. The second-order valence-corrected chi connectivity index (χ2v) is 6.47. The Morgan fingerprint density at radius 2 is 2.11 bits per heavy atom. The summed E-state index contributed by atoms with van der Waals surface area (Å²) >= 11 is 1.07. The maximum absolute atomic E-state index is 12.1. The molecule has 0 aliphatic rings. The van der Waals surface area contributed by atoms with Crippen LogP contribution in [0.3, 0.4) is 0 Å². The predicted octanol–water partition coefficient (Wildman–Crippen LogP) is 3.38. The van der Waals surface area contributed by atoms with Crippen LogP contribution in [0.25, 0.3) is 0 Å². The minimum Gasteiger partial charge on any atom is -0.493 e. The summed E-state index contributed by atoms with van der Waals surface area (Å²) < 4.78 is 15.8. The quantitative estimate of drug-likeness (QED) is 0.522. The first kappa shape index (κ1) is 20.4. The van der Waals surface area contributed by atoms with Gasteiger partial charge in [0, 0.05) is 0 Å². The Labute approximate surface area is 162 Å². The van der Waals surface area contributed by atoms with Crippen LogP contribution in [0.5, 0.6) is 11.5 Å². The minimum atomic E-state index is -0.450. The Kier molecular flexibility index (Phi) is 7.36. The van der Waals surface area contributed by atoms with E-state index in [1.807, 2.05) is 12.1 Å². The lowest BCUT2D eigenvalue weighted by Crippen LogP contribution is -2.20. The highest BCUT2D eigenvalue weighted by Crippen LogP contribution is 2.28. The van der Waals surface area contributed by atoms with Crippen molar-refractivity contribution in [2.45, 2.75) is 20.3 Å². The van der Waals surface area contributed by atoms with Crippen molar-refractivity contribution in [3.8, 4) is 11.5 Å². The number of anilines is 1. The van der Waals surface area contributed by atoms with E-state index in [1.54, 1.807) is 26.0 Å². The normalized spacial score (nSPS) is 10.2. The van der Waals surface area contributed by atoms with Gasteiger partial charge in [0.15, 0.2) is 23.2 Å². The number of hydrogen-bond donors (Lipinski definition) is 1. The number of nitrogens with zero attached hydrogens (tertiary/aromatic N) is 1. The molecule has 1 aromatic carbocycles. The van der Waals surface area contributed by atoms with E-state index in [0.717, 1.165) is 16.9 Å². The van der Waals surface area contributed by atoms with E-state index in [2.05, 4.69) is 16.9 Å². The summed E-state index contributed by atoms with van der Waals surface area (Å²) in [5, 5.41) is 2.94. The van der Waals surface area contributed by atoms with E-state index in [4.69, 9.17) is 14.2 Å². The lowest BCUT2D eigenvalue weighted by Gasteiger charge is -2.11. The first-order chi connectivity index (χ1) is 13.0. The number of rotatable bonds is 9. The largest absolute Gasteiger partial charge is 0.493 e. The molecule has 0 saturated carbocycles. The topological polar surface area (TPSA) is 86.8 Å². The monoisotopic (exact) mass is 390 g/mol. The van der Waals surface area contributed by atoms with Crippen LogP contribution in [0.2, 0.25) is 0 Å². The maximum Gasteiger partial charge on any atom is 0.350 e.